The van der Waals surface area contributed by atoms with E-state index in [9.17, 15) is 36.7 Å². The van der Waals surface area contributed by atoms with E-state index in [4.69, 9.17) is 20.4 Å². The molecule has 2 aliphatic rings. The van der Waals surface area contributed by atoms with E-state index in [1.165, 1.54) is 0 Å². The Morgan fingerprint density at radius 1 is 0.567 bits per heavy atom. The van der Waals surface area contributed by atoms with E-state index >= 15 is 0 Å². The summed E-state index contributed by atoms with van der Waals surface area (Å²) in [5.41, 5.74) is 0. The second kappa shape index (κ2) is 9.52. The van der Waals surface area contributed by atoms with Crippen molar-refractivity contribution in [2.45, 2.75) is 49.6 Å². The number of halogens is 4. The molecule has 0 aromatic heterocycles. The monoisotopic (exact) mass is 484 g/mol. The molecule has 4 N–H and O–H groups in total. The van der Waals surface area contributed by atoms with Crippen molar-refractivity contribution in [3.05, 3.63) is 0 Å². The molecule has 0 amide bonds. The third-order valence-electron chi connectivity index (χ3n) is 3.74. The molecule has 0 bridgehead atoms. The van der Waals surface area contributed by atoms with Crippen LogP contribution in [-0.2, 0) is 28.7 Å². The van der Waals surface area contributed by atoms with Gasteiger partial charge in [-0.1, -0.05) is 0 Å². The van der Waals surface area contributed by atoms with Gasteiger partial charge in [-0.15, -0.1) is 0 Å². The Hall–Kier alpha value is -1.86. The summed E-state index contributed by atoms with van der Waals surface area (Å²) in [5, 5.41) is 35.6. The lowest BCUT2D eigenvalue weighted by Gasteiger charge is -2.41. The summed E-state index contributed by atoms with van der Waals surface area (Å²) >= 11 is 0. The zero-order valence-electron chi connectivity index (χ0n) is 14.1. The predicted octanol–water partition coefficient (Wildman–Crippen LogP) is -0.143. The highest BCUT2D eigenvalue weighted by atomic mass is 33.1. The van der Waals surface area contributed by atoms with Crippen molar-refractivity contribution in [3.63, 3.8) is 0 Å². The van der Waals surface area contributed by atoms with Gasteiger partial charge in [-0.3, -0.25) is 0 Å². The van der Waals surface area contributed by atoms with Crippen LogP contribution in [-0.4, -0.2) is 103 Å². The van der Waals surface area contributed by atoms with Crippen molar-refractivity contribution in [2.75, 3.05) is 0 Å². The molecule has 170 valence electrons. The largest absolute Gasteiger partial charge is 0.479 e. The Morgan fingerprint density at radius 3 is 0.933 bits per heavy atom. The van der Waals surface area contributed by atoms with Crippen LogP contribution in [0.15, 0.2) is 0 Å². The van der Waals surface area contributed by atoms with Crippen molar-refractivity contribution in [1.82, 2.24) is 8.61 Å². The van der Waals surface area contributed by atoms with Crippen LogP contribution >= 0.6 is 22.0 Å². The molecule has 0 saturated carbocycles. The van der Waals surface area contributed by atoms with Gasteiger partial charge in [0.05, 0.1) is 0 Å². The van der Waals surface area contributed by atoms with Gasteiger partial charge in [0.1, 0.15) is 0 Å². The normalized spacial score (nSPS) is 38.1. The van der Waals surface area contributed by atoms with Gasteiger partial charge in [0.15, 0.2) is 0 Å². The molecule has 0 aromatic carbocycles. The summed E-state index contributed by atoms with van der Waals surface area (Å²) in [6.45, 7) is 0. The first-order valence-electron chi connectivity index (χ1n) is 7.58. The molecule has 0 aromatic rings. The number of rotatable bonds is 7. The maximum absolute atomic E-state index is 14.3. The van der Waals surface area contributed by atoms with Gasteiger partial charge in [-0.25, -0.2) is 36.7 Å². The number of hydrogen-bond donors (Lipinski definition) is 4. The van der Waals surface area contributed by atoms with Gasteiger partial charge < -0.3 is 29.9 Å². The molecular formula is C12H12F4N2O10S2. The molecule has 2 aliphatic heterocycles. The third-order valence-corrected chi connectivity index (χ3v) is 6.19. The molecule has 2 rings (SSSR count). The number of carboxylic acids is 4. The quantitative estimate of drug-likeness (QED) is 0.163. The number of aliphatic carboxylic acids is 4. The van der Waals surface area contributed by atoms with Crippen LogP contribution in [0.1, 0.15) is 0 Å². The Morgan fingerprint density at radius 2 is 0.767 bits per heavy atom. The Balaban J connectivity index is 2.24. The van der Waals surface area contributed by atoms with E-state index in [1.807, 2.05) is 0 Å². The fraction of sp³-hybridized carbons (Fsp3) is 0.667. The summed E-state index contributed by atoms with van der Waals surface area (Å²) in [6, 6.07) is 0. The summed E-state index contributed by atoms with van der Waals surface area (Å²) in [4.78, 5) is 44.1. The van der Waals surface area contributed by atoms with Crippen molar-refractivity contribution in [2.24, 2.45) is 0 Å². The summed E-state index contributed by atoms with van der Waals surface area (Å²) in [6.07, 6.45) is -21.2. The number of ether oxygens (including phenoxy) is 2. The van der Waals surface area contributed by atoms with Gasteiger partial charge in [0, 0.05) is 22.0 Å². The number of morpholine rings is 2. The SMILES string of the molecule is O=C(O)C1OC(C(=O)O)C(F)N(SSN2C(F)C(C(=O)O)OC(C(=O)O)C2F)C1F. The van der Waals surface area contributed by atoms with Crippen LogP contribution < -0.4 is 0 Å². The second-order valence-corrected chi connectivity index (χ2v) is 7.70. The Bertz CT molecular complexity index is 612. The van der Waals surface area contributed by atoms with E-state index in [1.54, 1.807) is 0 Å². The van der Waals surface area contributed by atoms with Gasteiger partial charge in [-0.05, 0) is 0 Å². The lowest BCUT2D eigenvalue weighted by molar-refractivity contribution is -0.213. The standard InChI is InChI=1S/C12H12F4N2O10S2/c13-5-1(9(19)20)27-2(10(21)22)6(14)17(5)29-30-18-7(15)3(11(23)24)28-4(8(18)16)12(25)26/h1-8H,(H,19,20)(H,21,22)(H,23,24)(H,25,26). The van der Waals surface area contributed by atoms with Crippen LogP contribution in [0.5, 0.6) is 0 Å². The number of carbonyl (C=O) groups is 4. The minimum atomic E-state index is -2.83. The maximum Gasteiger partial charge on any atom is 0.337 e. The lowest BCUT2D eigenvalue weighted by Crippen LogP contribution is -2.60. The fourth-order valence-corrected chi connectivity index (χ4v) is 4.70. The molecule has 8 atom stereocenters. The van der Waals surface area contributed by atoms with Gasteiger partial charge in [0.2, 0.25) is 49.6 Å². The molecule has 18 heteroatoms. The average Bonchev–Trinajstić information content (AvgIpc) is 2.62. The van der Waals surface area contributed by atoms with E-state index in [-0.39, 0.29) is 30.6 Å². The molecule has 2 heterocycles. The van der Waals surface area contributed by atoms with Crippen molar-refractivity contribution in [1.29, 1.82) is 0 Å². The fourth-order valence-electron chi connectivity index (χ4n) is 2.33. The Labute approximate surface area is 171 Å². The van der Waals surface area contributed by atoms with Crippen LogP contribution in [0.25, 0.3) is 0 Å². The molecule has 8 unspecified atom stereocenters. The molecule has 0 radical (unpaired) electrons. The summed E-state index contributed by atoms with van der Waals surface area (Å²) < 4.78 is 65.9. The highest BCUT2D eigenvalue weighted by Gasteiger charge is 2.54. The van der Waals surface area contributed by atoms with E-state index in [2.05, 4.69) is 9.47 Å². The number of carboxylic acid groups (broad SMARTS) is 4. The third kappa shape index (κ3) is 4.72. The van der Waals surface area contributed by atoms with Crippen LogP contribution in [0.4, 0.5) is 17.6 Å². The highest BCUT2D eigenvalue weighted by Crippen LogP contribution is 2.44. The minimum absolute atomic E-state index is 0.105. The number of nitrogens with zero attached hydrogens (tertiary/aromatic N) is 2. The van der Waals surface area contributed by atoms with Gasteiger partial charge >= 0.3 is 23.9 Å². The molecule has 30 heavy (non-hydrogen) atoms. The smallest absolute Gasteiger partial charge is 0.337 e. The van der Waals surface area contributed by atoms with Gasteiger partial charge in [0.25, 0.3) is 0 Å². The van der Waals surface area contributed by atoms with Crippen molar-refractivity contribution < 1.29 is 66.6 Å². The summed E-state index contributed by atoms with van der Waals surface area (Å²) in [7, 11) is -0.409. The second-order valence-electron chi connectivity index (χ2n) is 5.67. The molecule has 2 saturated heterocycles. The first kappa shape index (κ1) is 24.4. The van der Waals surface area contributed by atoms with Crippen LogP contribution in [0, 0.1) is 0 Å². The van der Waals surface area contributed by atoms with Gasteiger partial charge in [-0.2, -0.15) is 8.61 Å². The number of alkyl halides is 4. The van der Waals surface area contributed by atoms with Crippen LogP contribution in [0.3, 0.4) is 0 Å². The molecule has 0 spiro atoms. The molecular weight excluding hydrogens is 472 g/mol. The summed E-state index contributed by atoms with van der Waals surface area (Å²) in [5.74, 6) is -7.98. The van der Waals surface area contributed by atoms with E-state index in [0.717, 1.165) is 0 Å². The molecule has 2 fully saturated rings. The van der Waals surface area contributed by atoms with E-state index < -0.39 is 73.5 Å². The Kier molecular flexibility index (Phi) is 7.74. The first-order valence-corrected chi connectivity index (χ1v) is 9.64. The maximum atomic E-state index is 14.3. The molecule has 0 aliphatic carbocycles. The van der Waals surface area contributed by atoms with Crippen molar-refractivity contribution >= 4 is 45.8 Å². The molecule has 12 nitrogen and oxygen atoms in total. The average molecular weight is 484 g/mol. The topological polar surface area (TPSA) is 174 Å². The predicted molar refractivity (Wildman–Crippen MR) is 86.3 cm³/mol. The lowest BCUT2D eigenvalue weighted by atomic mass is 10.2. The number of hydrogen-bond acceptors (Lipinski definition) is 10. The minimum Gasteiger partial charge on any atom is -0.479 e. The zero-order valence-corrected chi connectivity index (χ0v) is 15.7. The van der Waals surface area contributed by atoms with Crippen LogP contribution in [0.2, 0.25) is 0 Å². The van der Waals surface area contributed by atoms with Crippen molar-refractivity contribution in [3.8, 4) is 0 Å². The zero-order chi connectivity index (χ0) is 22.9. The highest BCUT2D eigenvalue weighted by molar-refractivity contribution is 8.74. The van der Waals surface area contributed by atoms with E-state index in [0.29, 0.717) is 0 Å². The first-order chi connectivity index (χ1) is 13.9.